The molecule has 0 saturated heterocycles. The van der Waals surface area contributed by atoms with Crippen LogP contribution in [0, 0.1) is 13.8 Å². The summed E-state index contributed by atoms with van der Waals surface area (Å²) in [5, 5.41) is 3.39. The molecule has 0 aliphatic heterocycles. The number of anilines is 1. The second-order valence-corrected chi connectivity index (χ2v) is 8.12. The van der Waals surface area contributed by atoms with Gasteiger partial charge in [0.1, 0.15) is 12.4 Å². The van der Waals surface area contributed by atoms with Crippen LogP contribution in [0.2, 0.25) is 0 Å². The van der Waals surface area contributed by atoms with Crippen molar-refractivity contribution in [2.24, 2.45) is 5.73 Å². The number of ether oxygens (including phenoxy) is 1. The Hall–Kier alpha value is -1.74. The molecule has 0 aromatic carbocycles. The lowest BCUT2D eigenvalue weighted by Crippen LogP contribution is -2.35. The molecule has 3 heterocycles. The first kappa shape index (κ1) is 20.0. The summed E-state index contributed by atoms with van der Waals surface area (Å²) >= 11 is 1.72. The molecule has 1 saturated carbocycles. The smallest absolute Gasteiger partial charge is 0.194 e. The van der Waals surface area contributed by atoms with E-state index in [1.807, 2.05) is 6.07 Å². The Balaban J connectivity index is 0.00000210. The van der Waals surface area contributed by atoms with Crippen LogP contribution in [0.4, 0.5) is 5.82 Å². The highest BCUT2D eigenvalue weighted by Gasteiger charge is 2.29. The lowest BCUT2D eigenvalue weighted by Gasteiger charge is -2.32. The molecular weight excluding hydrogens is 384 g/mol. The van der Waals surface area contributed by atoms with Crippen LogP contribution >= 0.6 is 23.7 Å². The maximum absolute atomic E-state index is 5.93. The van der Waals surface area contributed by atoms with Gasteiger partial charge in [0.15, 0.2) is 10.8 Å². The molecule has 1 aliphatic carbocycles. The van der Waals surface area contributed by atoms with Crippen molar-refractivity contribution >= 4 is 34.5 Å². The van der Waals surface area contributed by atoms with E-state index in [9.17, 15) is 0 Å². The molecule has 27 heavy (non-hydrogen) atoms. The van der Waals surface area contributed by atoms with E-state index >= 15 is 0 Å². The number of methoxy groups -OCH3 is 1. The number of fused-ring (bicyclic) bond motifs is 1. The molecule has 3 N–H and O–H groups in total. The third-order valence-corrected chi connectivity index (χ3v) is 6.02. The summed E-state index contributed by atoms with van der Waals surface area (Å²) in [6.45, 7) is 5.27. The lowest BCUT2D eigenvalue weighted by molar-refractivity contribution is 0.177. The Kier molecular flexibility index (Phi) is 6.00. The van der Waals surface area contributed by atoms with Gasteiger partial charge in [-0.05, 0) is 26.7 Å². The van der Waals surface area contributed by atoms with Gasteiger partial charge in [0, 0.05) is 47.6 Å². The number of thiazole rings is 1. The second kappa shape index (κ2) is 8.10. The summed E-state index contributed by atoms with van der Waals surface area (Å²) in [5.41, 5.74) is 9.23. The average Bonchev–Trinajstić information content (AvgIpc) is 3.09. The fourth-order valence-electron chi connectivity index (χ4n) is 3.28. The van der Waals surface area contributed by atoms with Crippen molar-refractivity contribution in [1.29, 1.82) is 0 Å². The SMILES string of the molecule is COCc1nc(NCc2cn3c(C)c(C)sc3n2)cc(C2CC(N)C2)n1.Cl. The van der Waals surface area contributed by atoms with Crippen LogP contribution in [-0.4, -0.2) is 32.5 Å². The normalized spacial score (nSPS) is 19.0. The highest BCUT2D eigenvalue weighted by atomic mass is 35.5. The van der Waals surface area contributed by atoms with Crippen LogP contribution in [0.5, 0.6) is 0 Å². The van der Waals surface area contributed by atoms with Crippen molar-refractivity contribution in [2.45, 2.75) is 51.8 Å². The average molecular weight is 409 g/mol. The first-order valence-electron chi connectivity index (χ1n) is 8.83. The molecule has 0 radical (unpaired) electrons. The number of imidazole rings is 1. The highest BCUT2D eigenvalue weighted by Crippen LogP contribution is 2.35. The Labute approximate surface area is 168 Å². The van der Waals surface area contributed by atoms with Gasteiger partial charge in [-0.3, -0.25) is 4.40 Å². The van der Waals surface area contributed by atoms with Crippen LogP contribution in [-0.2, 0) is 17.9 Å². The van der Waals surface area contributed by atoms with Gasteiger partial charge in [-0.15, -0.1) is 23.7 Å². The molecule has 146 valence electrons. The topological polar surface area (TPSA) is 90.4 Å². The zero-order valence-corrected chi connectivity index (χ0v) is 17.4. The zero-order chi connectivity index (χ0) is 18.3. The summed E-state index contributed by atoms with van der Waals surface area (Å²) < 4.78 is 7.36. The van der Waals surface area contributed by atoms with Gasteiger partial charge in [0.05, 0.1) is 12.2 Å². The molecule has 1 aliphatic rings. The lowest BCUT2D eigenvalue weighted by atomic mass is 9.78. The molecule has 7 nitrogen and oxygen atoms in total. The minimum atomic E-state index is 0. The number of aromatic nitrogens is 4. The third-order valence-electron chi connectivity index (χ3n) is 4.95. The Morgan fingerprint density at radius 2 is 2.07 bits per heavy atom. The van der Waals surface area contributed by atoms with E-state index in [1.54, 1.807) is 18.4 Å². The van der Waals surface area contributed by atoms with E-state index in [0.717, 1.165) is 35.0 Å². The molecule has 3 aromatic heterocycles. The van der Waals surface area contributed by atoms with Crippen LogP contribution in [0.3, 0.4) is 0 Å². The Bertz CT molecular complexity index is 933. The third kappa shape index (κ3) is 4.08. The summed E-state index contributed by atoms with van der Waals surface area (Å²) in [4.78, 5) is 16.2. The van der Waals surface area contributed by atoms with E-state index in [4.69, 9.17) is 15.5 Å². The maximum atomic E-state index is 5.93. The maximum Gasteiger partial charge on any atom is 0.194 e. The number of nitrogens with zero attached hydrogens (tertiary/aromatic N) is 4. The summed E-state index contributed by atoms with van der Waals surface area (Å²) in [6.07, 6.45) is 4.06. The van der Waals surface area contributed by atoms with Crippen molar-refractivity contribution in [1.82, 2.24) is 19.4 Å². The first-order valence-corrected chi connectivity index (χ1v) is 9.65. The van der Waals surface area contributed by atoms with Gasteiger partial charge in [-0.2, -0.15) is 0 Å². The minimum absolute atomic E-state index is 0. The molecule has 0 unspecified atom stereocenters. The number of nitrogens with two attached hydrogens (primary N) is 1. The number of hydrogen-bond donors (Lipinski definition) is 2. The van der Waals surface area contributed by atoms with Gasteiger partial charge < -0.3 is 15.8 Å². The Morgan fingerprint density at radius 1 is 1.30 bits per heavy atom. The van der Waals surface area contributed by atoms with Gasteiger partial charge in [-0.1, -0.05) is 0 Å². The monoisotopic (exact) mass is 408 g/mol. The van der Waals surface area contributed by atoms with Gasteiger partial charge in [-0.25, -0.2) is 15.0 Å². The first-order chi connectivity index (χ1) is 12.5. The molecule has 1 fully saturated rings. The number of nitrogens with one attached hydrogen (secondary N) is 1. The number of hydrogen-bond acceptors (Lipinski definition) is 7. The molecule has 0 bridgehead atoms. The molecular formula is C18H25ClN6OS. The molecule has 0 amide bonds. The van der Waals surface area contributed by atoms with E-state index in [0.29, 0.717) is 30.9 Å². The van der Waals surface area contributed by atoms with E-state index in [2.05, 4.69) is 39.7 Å². The van der Waals surface area contributed by atoms with Crippen LogP contribution < -0.4 is 11.1 Å². The van der Waals surface area contributed by atoms with Crippen molar-refractivity contribution in [3.8, 4) is 0 Å². The van der Waals surface area contributed by atoms with Crippen LogP contribution in [0.25, 0.3) is 4.96 Å². The van der Waals surface area contributed by atoms with E-state index in [1.165, 1.54) is 10.6 Å². The van der Waals surface area contributed by atoms with E-state index < -0.39 is 0 Å². The van der Waals surface area contributed by atoms with Crippen molar-refractivity contribution in [3.05, 3.63) is 40.0 Å². The zero-order valence-electron chi connectivity index (χ0n) is 15.7. The summed E-state index contributed by atoms with van der Waals surface area (Å²) in [7, 11) is 1.66. The number of rotatable bonds is 6. The predicted molar refractivity (Wildman–Crippen MR) is 110 cm³/mol. The second-order valence-electron chi connectivity index (χ2n) is 6.94. The minimum Gasteiger partial charge on any atom is -0.377 e. The van der Waals surface area contributed by atoms with Crippen molar-refractivity contribution in [2.75, 3.05) is 12.4 Å². The number of halogens is 1. The fraction of sp³-hybridized carbons (Fsp3) is 0.500. The molecule has 0 atom stereocenters. The van der Waals surface area contributed by atoms with E-state index in [-0.39, 0.29) is 12.4 Å². The predicted octanol–water partition coefficient (Wildman–Crippen LogP) is 3.19. The van der Waals surface area contributed by atoms with Crippen molar-refractivity contribution in [3.63, 3.8) is 0 Å². The highest BCUT2D eigenvalue weighted by molar-refractivity contribution is 7.17. The quantitative estimate of drug-likeness (QED) is 0.651. The van der Waals surface area contributed by atoms with Crippen molar-refractivity contribution < 1.29 is 4.74 Å². The molecule has 4 rings (SSSR count). The molecule has 0 spiro atoms. The largest absolute Gasteiger partial charge is 0.377 e. The van der Waals surface area contributed by atoms with Gasteiger partial charge >= 0.3 is 0 Å². The molecule has 9 heteroatoms. The number of aryl methyl sites for hydroxylation is 2. The Morgan fingerprint density at radius 3 is 2.74 bits per heavy atom. The molecule has 3 aromatic rings. The summed E-state index contributed by atoms with van der Waals surface area (Å²) in [6, 6.07) is 2.33. The van der Waals surface area contributed by atoms with Crippen LogP contribution in [0.1, 0.15) is 46.5 Å². The fourth-order valence-corrected chi connectivity index (χ4v) is 4.25. The van der Waals surface area contributed by atoms with Gasteiger partial charge in [0.2, 0.25) is 0 Å². The summed E-state index contributed by atoms with van der Waals surface area (Å²) in [5.74, 6) is 1.93. The van der Waals surface area contributed by atoms with Gasteiger partial charge in [0.25, 0.3) is 0 Å². The van der Waals surface area contributed by atoms with Crippen LogP contribution in [0.15, 0.2) is 12.3 Å². The standard InChI is InChI=1S/C18H24N6OS.ClH/c1-10-11(2)26-18-21-14(8-24(10)18)7-20-16-6-15(12-4-13(19)5-12)22-17(23-16)9-25-3;/h6,8,12-13H,4-5,7,9,19H2,1-3H3,(H,20,22,23);1H.